The summed E-state index contributed by atoms with van der Waals surface area (Å²) >= 11 is 3.42. The van der Waals surface area contributed by atoms with Crippen LogP contribution in [0.15, 0.2) is 34.7 Å². The summed E-state index contributed by atoms with van der Waals surface area (Å²) < 4.78 is 5.56. The van der Waals surface area contributed by atoms with Gasteiger partial charge in [0.25, 0.3) is 5.91 Å². The van der Waals surface area contributed by atoms with Crippen molar-refractivity contribution in [3.8, 4) is 0 Å². The van der Waals surface area contributed by atoms with Crippen molar-refractivity contribution in [2.75, 3.05) is 5.33 Å². The molecule has 0 aliphatic heterocycles. The Morgan fingerprint density at radius 1 is 1.37 bits per heavy atom. The summed E-state index contributed by atoms with van der Waals surface area (Å²) in [6.07, 6.45) is 0.906. The second kappa shape index (κ2) is 6.24. The first kappa shape index (κ1) is 14.1. The van der Waals surface area contributed by atoms with E-state index in [1.807, 2.05) is 24.3 Å². The van der Waals surface area contributed by atoms with Crippen molar-refractivity contribution in [2.24, 2.45) is 5.92 Å². The van der Waals surface area contributed by atoms with Crippen LogP contribution in [0.1, 0.15) is 30.8 Å². The maximum Gasteiger partial charge on any atom is 0.287 e. The van der Waals surface area contributed by atoms with Crippen LogP contribution >= 0.6 is 15.9 Å². The van der Waals surface area contributed by atoms with Gasteiger partial charge in [0, 0.05) is 16.8 Å². The van der Waals surface area contributed by atoms with Crippen LogP contribution in [-0.4, -0.2) is 17.3 Å². The fourth-order valence-corrected chi connectivity index (χ4v) is 2.52. The van der Waals surface area contributed by atoms with Gasteiger partial charge in [0.2, 0.25) is 0 Å². The third-order valence-corrected chi connectivity index (χ3v) is 3.65. The zero-order chi connectivity index (χ0) is 13.8. The standard InChI is InChI=1S/C15H18BrNO2/c1-10(2)12(7-8-16)17-15(18)14-9-11-5-3-4-6-13(11)19-14/h3-6,9-10,12H,7-8H2,1-2H3,(H,17,18). The summed E-state index contributed by atoms with van der Waals surface area (Å²) in [6.45, 7) is 4.21. The van der Waals surface area contributed by atoms with Crippen LogP contribution in [0.4, 0.5) is 0 Å². The van der Waals surface area contributed by atoms with Gasteiger partial charge in [-0.15, -0.1) is 0 Å². The number of halogens is 1. The van der Waals surface area contributed by atoms with Crippen LogP contribution in [0.2, 0.25) is 0 Å². The average Bonchev–Trinajstić information content (AvgIpc) is 2.81. The summed E-state index contributed by atoms with van der Waals surface area (Å²) in [5.41, 5.74) is 0.745. The Bertz CT molecular complexity index is 529. The van der Waals surface area contributed by atoms with Crippen LogP contribution in [0.3, 0.4) is 0 Å². The van der Waals surface area contributed by atoms with Gasteiger partial charge in [-0.25, -0.2) is 0 Å². The van der Waals surface area contributed by atoms with Crippen molar-refractivity contribution in [1.82, 2.24) is 5.32 Å². The quantitative estimate of drug-likeness (QED) is 0.846. The number of carbonyl (C=O) groups excluding carboxylic acids is 1. The summed E-state index contributed by atoms with van der Waals surface area (Å²) in [5, 5.41) is 4.86. The van der Waals surface area contributed by atoms with Crippen molar-refractivity contribution in [3.63, 3.8) is 0 Å². The van der Waals surface area contributed by atoms with Gasteiger partial charge in [-0.3, -0.25) is 4.79 Å². The number of hydrogen-bond donors (Lipinski definition) is 1. The van der Waals surface area contributed by atoms with Gasteiger partial charge in [0.1, 0.15) is 5.58 Å². The summed E-state index contributed by atoms with van der Waals surface area (Å²) in [6, 6.07) is 9.57. The molecular formula is C15H18BrNO2. The zero-order valence-electron chi connectivity index (χ0n) is 11.2. The number of amides is 1. The van der Waals surface area contributed by atoms with Crippen LogP contribution in [0.25, 0.3) is 11.0 Å². The second-order valence-corrected chi connectivity index (χ2v) is 5.74. The van der Waals surface area contributed by atoms with E-state index >= 15 is 0 Å². The molecule has 2 aromatic rings. The first-order valence-electron chi connectivity index (χ1n) is 6.47. The molecule has 19 heavy (non-hydrogen) atoms. The van der Waals surface area contributed by atoms with Crippen molar-refractivity contribution >= 4 is 32.8 Å². The maximum absolute atomic E-state index is 12.2. The van der Waals surface area contributed by atoms with Crippen molar-refractivity contribution in [1.29, 1.82) is 0 Å². The van der Waals surface area contributed by atoms with E-state index in [-0.39, 0.29) is 11.9 Å². The van der Waals surface area contributed by atoms with E-state index in [4.69, 9.17) is 4.42 Å². The molecule has 0 fully saturated rings. The molecule has 2 rings (SSSR count). The largest absolute Gasteiger partial charge is 0.451 e. The minimum atomic E-state index is -0.143. The molecule has 1 aromatic heterocycles. The molecule has 4 heteroatoms. The Labute approximate surface area is 121 Å². The highest BCUT2D eigenvalue weighted by Crippen LogP contribution is 2.19. The number of benzene rings is 1. The second-order valence-electron chi connectivity index (χ2n) is 4.95. The lowest BCUT2D eigenvalue weighted by atomic mass is 10.0. The van der Waals surface area contributed by atoms with E-state index in [0.717, 1.165) is 22.7 Å². The number of nitrogens with one attached hydrogen (secondary N) is 1. The van der Waals surface area contributed by atoms with Crippen molar-refractivity contribution < 1.29 is 9.21 Å². The van der Waals surface area contributed by atoms with Crippen LogP contribution in [-0.2, 0) is 0 Å². The molecule has 0 saturated heterocycles. The molecular weight excluding hydrogens is 306 g/mol. The highest BCUT2D eigenvalue weighted by molar-refractivity contribution is 9.09. The molecule has 1 atom stereocenters. The molecule has 0 bridgehead atoms. The molecule has 3 nitrogen and oxygen atoms in total. The molecule has 1 N–H and O–H groups in total. The summed E-state index contributed by atoms with van der Waals surface area (Å²) in [4.78, 5) is 12.2. The summed E-state index contributed by atoms with van der Waals surface area (Å²) in [7, 11) is 0. The van der Waals surface area contributed by atoms with Gasteiger partial charge in [0.15, 0.2) is 5.76 Å². The van der Waals surface area contributed by atoms with Crippen LogP contribution in [0, 0.1) is 5.92 Å². The molecule has 102 valence electrons. The van der Waals surface area contributed by atoms with E-state index in [1.165, 1.54) is 0 Å². The lowest BCUT2D eigenvalue weighted by molar-refractivity contribution is 0.0899. The molecule has 0 radical (unpaired) electrons. The van der Waals surface area contributed by atoms with Crippen molar-refractivity contribution in [3.05, 3.63) is 36.1 Å². The Hall–Kier alpha value is -1.29. The predicted octanol–water partition coefficient (Wildman–Crippen LogP) is 3.97. The lowest BCUT2D eigenvalue weighted by Crippen LogP contribution is -2.38. The van der Waals surface area contributed by atoms with E-state index < -0.39 is 0 Å². The van der Waals surface area contributed by atoms with Crippen LogP contribution in [0.5, 0.6) is 0 Å². The molecule has 1 unspecified atom stereocenters. The SMILES string of the molecule is CC(C)C(CCBr)NC(=O)c1cc2ccccc2o1. The fourth-order valence-electron chi connectivity index (χ4n) is 2.02. The van der Waals surface area contributed by atoms with Crippen molar-refractivity contribution in [2.45, 2.75) is 26.3 Å². The Morgan fingerprint density at radius 2 is 2.11 bits per heavy atom. The molecule has 1 aromatic carbocycles. The van der Waals surface area contributed by atoms with E-state index in [0.29, 0.717) is 11.7 Å². The number of para-hydroxylation sites is 1. The van der Waals surface area contributed by atoms with Gasteiger partial charge in [-0.05, 0) is 24.5 Å². The number of furan rings is 1. The van der Waals surface area contributed by atoms with Gasteiger partial charge < -0.3 is 9.73 Å². The molecule has 0 spiro atoms. The zero-order valence-corrected chi connectivity index (χ0v) is 12.7. The van der Waals surface area contributed by atoms with Gasteiger partial charge >= 0.3 is 0 Å². The Morgan fingerprint density at radius 3 is 2.74 bits per heavy atom. The average molecular weight is 324 g/mol. The molecule has 0 aliphatic rings. The number of carbonyl (C=O) groups is 1. The Kier molecular flexibility index (Phi) is 4.64. The highest BCUT2D eigenvalue weighted by atomic mass is 79.9. The fraction of sp³-hybridized carbons (Fsp3) is 0.400. The first-order valence-corrected chi connectivity index (χ1v) is 7.59. The molecule has 1 heterocycles. The normalized spacial score (nSPS) is 12.8. The summed E-state index contributed by atoms with van der Waals surface area (Å²) in [5.74, 6) is 0.628. The molecule has 0 aliphatic carbocycles. The van der Waals surface area contributed by atoms with E-state index in [2.05, 4.69) is 35.1 Å². The number of rotatable bonds is 5. The smallest absolute Gasteiger partial charge is 0.287 e. The van der Waals surface area contributed by atoms with Gasteiger partial charge in [-0.2, -0.15) is 0 Å². The first-order chi connectivity index (χ1) is 9.11. The minimum absolute atomic E-state index is 0.143. The maximum atomic E-state index is 12.2. The highest BCUT2D eigenvalue weighted by Gasteiger charge is 2.19. The van der Waals surface area contributed by atoms with Crippen LogP contribution < -0.4 is 5.32 Å². The predicted molar refractivity (Wildman–Crippen MR) is 80.7 cm³/mol. The number of fused-ring (bicyclic) bond motifs is 1. The monoisotopic (exact) mass is 323 g/mol. The number of hydrogen-bond acceptors (Lipinski definition) is 2. The van der Waals surface area contributed by atoms with Gasteiger partial charge in [-0.1, -0.05) is 48.0 Å². The minimum Gasteiger partial charge on any atom is -0.451 e. The third kappa shape index (κ3) is 3.38. The van der Waals surface area contributed by atoms with Gasteiger partial charge in [0.05, 0.1) is 0 Å². The topological polar surface area (TPSA) is 42.2 Å². The number of alkyl halides is 1. The Balaban J connectivity index is 2.14. The lowest BCUT2D eigenvalue weighted by Gasteiger charge is -2.20. The molecule has 1 amide bonds. The third-order valence-electron chi connectivity index (χ3n) is 3.19. The van der Waals surface area contributed by atoms with E-state index in [9.17, 15) is 4.79 Å². The molecule has 0 saturated carbocycles. The van der Waals surface area contributed by atoms with E-state index in [1.54, 1.807) is 6.07 Å².